The van der Waals surface area contributed by atoms with Crippen LogP contribution in [-0.2, 0) is 4.74 Å². The Kier molecular flexibility index (Phi) is 6.09. The van der Waals surface area contributed by atoms with Crippen molar-refractivity contribution in [2.45, 2.75) is 77.0 Å². The van der Waals surface area contributed by atoms with Crippen LogP contribution in [0.2, 0.25) is 0 Å². The molecule has 5 nitrogen and oxygen atoms in total. The molecule has 2 fully saturated rings. The van der Waals surface area contributed by atoms with Crippen LogP contribution in [0.3, 0.4) is 0 Å². The summed E-state index contributed by atoms with van der Waals surface area (Å²) in [6.07, 6.45) is 7.21. The predicted octanol–water partition coefficient (Wildman–Crippen LogP) is 2.40. The molecule has 3 unspecified atom stereocenters. The summed E-state index contributed by atoms with van der Waals surface area (Å²) in [6, 6.07) is 0.856. The second-order valence-corrected chi connectivity index (χ2v) is 7.88. The van der Waals surface area contributed by atoms with Crippen molar-refractivity contribution < 1.29 is 9.53 Å². The van der Waals surface area contributed by atoms with Crippen LogP contribution in [-0.4, -0.2) is 36.9 Å². The maximum atomic E-state index is 11.8. The quantitative estimate of drug-likeness (QED) is 0.704. The van der Waals surface area contributed by atoms with Gasteiger partial charge in [0.05, 0.1) is 0 Å². The number of hydrogen-bond donors (Lipinski definition) is 3. The molecule has 2 saturated carbocycles. The predicted molar refractivity (Wildman–Crippen MR) is 88.7 cm³/mol. The fraction of sp³-hybridized carbons (Fsp3) is 0.941. The number of carbonyl (C=O) groups excluding carboxylic acids is 1. The highest BCUT2D eigenvalue weighted by Crippen LogP contribution is 2.34. The topological polar surface area (TPSA) is 76.4 Å². The summed E-state index contributed by atoms with van der Waals surface area (Å²) in [5.41, 5.74) is 5.48. The smallest absolute Gasteiger partial charge is 0.407 e. The summed E-state index contributed by atoms with van der Waals surface area (Å²) in [5.74, 6) is 1.27. The van der Waals surface area contributed by atoms with Gasteiger partial charge in [-0.05, 0) is 64.8 Å². The van der Waals surface area contributed by atoms with Crippen LogP contribution < -0.4 is 16.4 Å². The van der Waals surface area contributed by atoms with E-state index < -0.39 is 5.60 Å². The average molecular weight is 311 g/mol. The van der Waals surface area contributed by atoms with E-state index in [1.54, 1.807) is 0 Å². The zero-order valence-corrected chi connectivity index (χ0v) is 14.4. The van der Waals surface area contributed by atoms with Gasteiger partial charge in [0.1, 0.15) is 5.60 Å². The van der Waals surface area contributed by atoms with E-state index in [9.17, 15) is 4.79 Å². The molecular formula is C17H33N3O2. The van der Waals surface area contributed by atoms with Crippen molar-refractivity contribution in [3.63, 3.8) is 0 Å². The molecule has 0 spiro atoms. The Morgan fingerprint density at radius 3 is 2.50 bits per heavy atom. The van der Waals surface area contributed by atoms with Crippen molar-refractivity contribution in [2.24, 2.45) is 17.6 Å². The molecule has 1 amide bonds. The van der Waals surface area contributed by atoms with Crippen LogP contribution in [0.5, 0.6) is 0 Å². The first-order valence-corrected chi connectivity index (χ1v) is 8.82. The first-order chi connectivity index (χ1) is 10.4. The second kappa shape index (κ2) is 7.64. The van der Waals surface area contributed by atoms with E-state index in [1.165, 1.54) is 38.5 Å². The number of nitrogens with one attached hydrogen (secondary N) is 2. The standard InChI is InChI=1S/C17H33N3O2/c1-17(2,3)22-16(21)19-11-15(12-8-9-12)20-14-7-5-4-6-13(14)10-18/h12-15,20H,4-11,18H2,1-3H3,(H,19,21). The highest BCUT2D eigenvalue weighted by molar-refractivity contribution is 5.67. The Labute approximate surface area is 134 Å². The van der Waals surface area contributed by atoms with Gasteiger partial charge in [-0.15, -0.1) is 0 Å². The summed E-state index contributed by atoms with van der Waals surface area (Å²) in [6.45, 7) is 7.06. The molecule has 0 bridgehead atoms. The Bertz CT molecular complexity index is 363. The number of ether oxygens (including phenoxy) is 1. The first kappa shape index (κ1) is 17.5. The molecule has 0 aromatic heterocycles. The maximum absolute atomic E-state index is 11.8. The second-order valence-electron chi connectivity index (χ2n) is 7.88. The SMILES string of the molecule is CC(C)(C)OC(=O)NCC(NC1CCCCC1CN)C1CC1. The number of carbonyl (C=O) groups is 1. The van der Waals surface area contributed by atoms with Crippen molar-refractivity contribution in [2.75, 3.05) is 13.1 Å². The van der Waals surface area contributed by atoms with Gasteiger partial charge in [0.2, 0.25) is 0 Å². The Balaban J connectivity index is 1.81. The molecule has 0 heterocycles. The lowest BCUT2D eigenvalue weighted by Crippen LogP contribution is -2.51. The minimum absolute atomic E-state index is 0.320. The molecule has 2 rings (SSSR count). The van der Waals surface area contributed by atoms with Gasteiger partial charge in [0, 0.05) is 18.6 Å². The van der Waals surface area contributed by atoms with Crippen molar-refractivity contribution >= 4 is 6.09 Å². The van der Waals surface area contributed by atoms with Gasteiger partial charge < -0.3 is 21.1 Å². The number of amides is 1. The summed E-state index contributed by atoms with van der Waals surface area (Å²) >= 11 is 0. The minimum Gasteiger partial charge on any atom is -0.444 e. The highest BCUT2D eigenvalue weighted by atomic mass is 16.6. The van der Waals surface area contributed by atoms with E-state index in [-0.39, 0.29) is 6.09 Å². The third kappa shape index (κ3) is 5.76. The van der Waals surface area contributed by atoms with Crippen molar-refractivity contribution in [3.05, 3.63) is 0 Å². The van der Waals surface area contributed by atoms with Crippen LogP contribution in [0, 0.1) is 11.8 Å². The van der Waals surface area contributed by atoms with Gasteiger partial charge in [0.15, 0.2) is 0 Å². The van der Waals surface area contributed by atoms with Crippen LogP contribution in [0.4, 0.5) is 4.79 Å². The van der Waals surface area contributed by atoms with Crippen LogP contribution >= 0.6 is 0 Å². The van der Waals surface area contributed by atoms with Crippen molar-refractivity contribution in [3.8, 4) is 0 Å². The first-order valence-electron chi connectivity index (χ1n) is 8.82. The fourth-order valence-corrected chi connectivity index (χ4v) is 3.35. The largest absolute Gasteiger partial charge is 0.444 e. The molecule has 3 atom stereocenters. The normalized spacial score (nSPS) is 27.3. The molecular weight excluding hydrogens is 278 g/mol. The van der Waals surface area contributed by atoms with Gasteiger partial charge >= 0.3 is 6.09 Å². The Hall–Kier alpha value is -0.810. The van der Waals surface area contributed by atoms with E-state index in [4.69, 9.17) is 10.5 Å². The van der Waals surface area contributed by atoms with Crippen molar-refractivity contribution in [1.29, 1.82) is 0 Å². The number of hydrogen-bond acceptors (Lipinski definition) is 4. The van der Waals surface area contributed by atoms with Gasteiger partial charge in [-0.3, -0.25) is 0 Å². The molecule has 2 aliphatic carbocycles. The molecule has 0 aromatic carbocycles. The minimum atomic E-state index is -0.444. The summed E-state index contributed by atoms with van der Waals surface area (Å²) in [5, 5.41) is 6.71. The maximum Gasteiger partial charge on any atom is 0.407 e. The van der Waals surface area contributed by atoms with E-state index in [2.05, 4.69) is 10.6 Å². The van der Waals surface area contributed by atoms with E-state index in [0.717, 1.165) is 6.54 Å². The Morgan fingerprint density at radius 1 is 1.23 bits per heavy atom. The molecule has 2 aliphatic rings. The third-order valence-electron chi connectivity index (χ3n) is 4.70. The summed E-state index contributed by atoms with van der Waals surface area (Å²) in [4.78, 5) is 11.8. The molecule has 0 aliphatic heterocycles. The zero-order chi connectivity index (χ0) is 16.2. The molecule has 0 aromatic rings. The molecule has 5 heteroatoms. The van der Waals surface area contributed by atoms with E-state index in [1.807, 2.05) is 20.8 Å². The molecule has 0 radical (unpaired) electrons. The van der Waals surface area contributed by atoms with Gasteiger partial charge in [-0.1, -0.05) is 12.8 Å². The lowest BCUT2D eigenvalue weighted by molar-refractivity contribution is 0.0518. The average Bonchev–Trinajstić information content (AvgIpc) is 3.26. The molecule has 4 N–H and O–H groups in total. The van der Waals surface area contributed by atoms with Gasteiger partial charge in [0.25, 0.3) is 0 Å². The summed E-state index contributed by atoms with van der Waals surface area (Å²) < 4.78 is 5.32. The molecule has 0 saturated heterocycles. The molecule has 22 heavy (non-hydrogen) atoms. The van der Waals surface area contributed by atoms with Gasteiger partial charge in [-0.2, -0.15) is 0 Å². The zero-order valence-electron chi connectivity index (χ0n) is 14.4. The fourth-order valence-electron chi connectivity index (χ4n) is 3.35. The van der Waals surface area contributed by atoms with Gasteiger partial charge in [-0.25, -0.2) is 4.79 Å². The lowest BCUT2D eigenvalue weighted by Gasteiger charge is -2.35. The number of alkyl carbamates (subject to hydrolysis) is 1. The monoisotopic (exact) mass is 311 g/mol. The third-order valence-corrected chi connectivity index (χ3v) is 4.70. The van der Waals surface area contributed by atoms with Crippen molar-refractivity contribution in [1.82, 2.24) is 10.6 Å². The van der Waals surface area contributed by atoms with Crippen LogP contribution in [0.1, 0.15) is 59.3 Å². The highest BCUT2D eigenvalue weighted by Gasteiger charge is 2.35. The number of rotatable bonds is 6. The lowest BCUT2D eigenvalue weighted by atomic mass is 9.84. The summed E-state index contributed by atoms with van der Waals surface area (Å²) in [7, 11) is 0. The van der Waals surface area contributed by atoms with Crippen LogP contribution in [0.15, 0.2) is 0 Å². The van der Waals surface area contributed by atoms with E-state index in [0.29, 0.717) is 30.5 Å². The number of nitrogens with two attached hydrogens (primary N) is 1. The Morgan fingerprint density at radius 2 is 1.91 bits per heavy atom. The van der Waals surface area contributed by atoms with E-state index >= 15 is 0 Å². The van der Waals surface area contributed by atoms with Crippen LogP contribution in [0.25, 0.3) is 0 Å². The molecule has 128 valence electrons.